The number of hydrogen-bond acceptors (Lipinski definition) is 6. The second-order valence-electron chi connectivity index (χ2n) is 8.58. The smallest absolute Gasteiger partial charge is 0.410 e. The van der Waals surface area contributed by atoms with E-state index < -0.39 is 11.6 Å². The molecule has 1 aliphatic heterocycles. The van der Waals surface area contributed by atoms with E-state index in [0.717, 1.165) is 18.5 Å². The summed E-state index contributed by atoms with van der Waals surface area (Å²) in [4.78, 5) is 30.6. The van der Waals surface area contributed by atoms with Crippen molar-refractivity contribution < 1.29 is 19.1 Å². The highest BCUT2D eigenvalue weighted by Crippen LogP contribution is 2.30. The molecule has 0 N–H and O–H groups in total. The first-order valence-corrected chi connectivity index (χ1v) is 10.6. The molecular weight excluding hydrogens is 408 g/mol. The van der Waals surface area contributed by atoms with E-state index in [9.17, 15) is 9.59 Å². The normalized spacial score (nSPS) is 15.5. The average molecular weight is 437 g/mol. The number of rotatable bonds is 4. The van der Waals surface area contributed by atoms with Gasteiger partial charge in [0.1, 0.15) is 5.60 Å². The van der Waals surface area contributed by atoms with Gasteiger partial charge in [0.25, 0.3) is 0 Å². The summed E-state index contributed by atoms with van der Waals surface area (Å²) in [7, 11) is 0. The SMILES string of the molecule is CCOC(=O)c1cnc2c(c(C)nn2CC2CCN(C(=O)OC(C)(C)C)CC2)c1Cl. The quantitative estimate of drug-likeness (QED) is 0.667. The Labute approximate surface area is 181 Å². The first kappa shape index (κ1) is 22.3. The molecule has 2 aromatic heterocycles. The number of pyridine rings is 1. The third-order valence-electron chi connectivity index (χ3n) is 5.07. The number of aryl methyl sites for hydroxylation is 1. The van der Waals surface area contributed by atoms with E-state index in [4.69, 9.17) is 21.1 Å². The van der Waals surface area contributed by atoms with Crippen LogP contribution in [-0.4, -0.2) is 57.0 Å². The number of fused-ring (bicyclic) bond motifs is 1. The predicted molar refractivity (Wildman–Crippen MR) is 114 cm³/mol. The van der Waals surface area contributed by atoms with E-state index in [2.05, 4.69) is 10.1 Å². The lowest BCUT2D eigenvalue weighted by atomic mass is 9.97. The molecule has 30 heavy (non-hydrogen) atoms. The molecule has 8 nitrogen and oxygen atoms in total. The minimum absolute atomic E-state index is 0.249. The lowest BCUT2D eigenvalue weighted by molar-refractivity contribution is 0.0177. The zero-order valence-corrected chi connectivity index (χ0v) is 19.0. The Morgan fingerprint density at radius 3 is 2.53 bits per heavy atom. The van der Waals surface area contributed by atoms with Crippen molar-refractivity contribution in [1.29, 1.82) is 0 Å². The van der Waals surface area contributed by atoms with E-state index in [1.165, 1.54) is 6.20 Å². The number of esters is 1. The van der Waals surface area contributed by atoms with Crippen molar-refractivity contribution in [2.24, 2.45) is 5.92 Å². The van der Waals surface area contributed by atoms with Gasteiger partial charge in [0.15, 0.2) is 5.65 Å². The zero-order chi connectivity index (χ0) is 22.1. The lowest BCUT2D eigenvalue weighted by Gasteiger charge is -2.33. The molecule has 164 valence electrons. The number of aromatic nitrogens is 3. The fourth-order valence-electron chi connectivity index (χ4n) is 3.62. The lowest BCUT2D eigenvalue weighted by Crippen LogP contribution is -2.42. The second-order valence-corrected chi connectivity index (χ2v) is 8.96. The summed E-state index contributed by atoms with van der Waals surface area (Å²) < 4.78 is 12.4. The highest BCUT2D eigenvalue weighted by Gasteiger charge is 2.28. The third kappa shape index (κ3) is 4.86. The Morgan fingerprint density at radius 1 is 1.27 bits per heavy atom. The number of ether oxygens (including phenoxy) is 2. The van der Waals surface area contributed by atoms with Crippen LogP contribution in [0.5, 0.6) is 0 Å². The van der Waals surface area contributed by atoms with Gasteiger partial charge < -0.3 is 14.4 Å². The molecule has 1 fully saturated rings. The van der Waals surface area contributed by atoms with Crippen LogP contribution in [0, 0.1) is 12.8 Å². The highest BCUT2D eigenvalue weighted by atomic mass is 35.5. The van der Waals surface area contributed by atoms with Gasteiger partial charge in [0.2, 0.25) is 0 Å². The number of likely N-dealkylation sites (tertiary alicyclic amines) is 1. The Hall–Kier alpha value is -2.35. The van der Waals surface area contributed by atoms with Gasteiger partial charge in [-0.1, -0.05) is 11.6 Å². The number of piperidine rings is 1. The maximum absolute atomic E-state index is 12.3. The van der Waals surface area contributed by atoms with Crippen molar-refractivity contribution in [2.75, 3.05) is 19.7 Å². The van der Waals surface area contributed by atoms with E-state index in [1.54, 1.807) is 11.8 Å². The molecule has 1 amide bonds. The van der Waals surface area contributed by atoms with Gasteiger partial charge in [0, 0.05) is 25.8 Å². The monoisotopic (exact) mass is 436 g/mol. The van der Waals surface area contributed by atoms with Crippen LogP contribution in [0.3, 0.4) is 0 Å². The molecule has 3 rings (SSSR count). The van der Waals surface area contributed by atoms with Crippen molar-refractivity contribution in [3.05, 3.63) is 22.5 Å². The molecule has 0 bridgehead atoms. The largest absolute Gasteiger partial charge is 0.462 e. The van der Waals surface area contributed by atoms with Gasteiger partial charge >= 0.3 is 12.1 Å². The van der Waals surface area contributed by atoms with Crippen molar-refractivity contribution in [1.82, 2.24) is 19.7 Å². The van der Waals surface area contributed by atoms with Crippen molar-refractivity contribution in [3.63, 3.8) is 0 Å². The highest BCUT2D eigenvalue weighted by molar-refractivity contribution is 6.38. The van der Waals surface area contributed by atoms with Crippen LogP contribution in [0.4, 0.5) is 4.79 Å². The third-order valence-corrected chi connectivity index (χ3v) is 5.46. The topological polar surface area (TPSA) is 86.5 Å². The molecule has 1 aliphatic rings. The van der Waals surface area contributed by atoms with Gasteiger partial charge in [-0.15, -0.1) is 0 Å². The molecule has 9 heteroatoms. The summed E-state index contributed by atoms with van der Waals surface area (Å²) >= 11 is 6.49. The summed E-state index contributed by atoms with van der Waals surface area (Å²) in [6.45, 7) is 11.5. The zero-order valence-electron chi connectivity index (χ0n) is 18.2. The van der Waals surface area contributed by atoms with Gasteiger partial charge in [-0.05, 0) is 53.4 Å². The Balaban J connectivity index is 1.71. The summed E-state index contributed by atoms with van der Waals surface area (Å²) in [5.74, 6) is -0.130. The average Bonchev–Trinajstić information content (AvgIpc) is 2.97. The minimum Gasteiger partial charge on any atom is -0.462 e. The molecule has 2 aromatic rings. The van der Waals surface area contributed by atoms with Gasteiger partial charge in [-0.3, -0.25) is 0 Å². The van der Waals surface area contributed by atoms with Gasteiger partial charge in [0.05, 0.1) is 28.3 Å². The van der Waals surface area contributed by atoms with Crippen LogP contribution in [0.15, 0.2) is 6.20 Å². The van der Waals surface area contributed by atoms with Crippen LogP contribution in [0.1, 0.15) is 56.6 Å². The predicted octanol–water partition coefficient (Wildman–Crippen LogP) is 4.22. The van der Waals surface area contributed by atoms with Crippen molar-refractivity contribution in [2.45, 2.75) is 59.6 Å². The fourth-order valence-corrected chi connectivity index (χ4v) is 3.97. The first-order valence-electron chi connectivity index (χ1n) is 10.3. The molecule has 0 aliphatic carbocycles. The molecular formula is C21H29ClN4O4. The maximum Gasteiger partial charge on any atom is 0.410 e. The van der Waals surface area contributed by atoms with Gasteiger partial charge in [-0.25, -0.2) is 19.3 Å². The molecule has 0 saturated carbocycles. The summed E-state index contributed by atoms with van der Waals surface area (Å²) in [6.07, 6.45) is 2.90. The molecule has 0 radical (unpaired) electrons. The summed E-state index contributed by atoms with van der Waals surface area (Å²) in [5, 5.41) is 5.60. The summed E-state index contributed by atoms with van der Waals surface area (Å²) in [6, 6.07) is 0. The number of carbonyl (C=O) groups is 2. The van der Waals surface area contributed by atoms with Crippen molar-refractivity contribution >= 4 is 34.7 Å². The number of hydrogen-bond donors (Lipinski definition) is 0. The number of nitrogens with zero attached hydrogens (tertiary/aromatic N) is 4. The molecule has 0 aromatic carbocycles. The van der Waals surface area contributed by atoms with Crippen LogP contribution in [0.2, 0.25) is 5.02 Å². The second kappa shape index (κ2) is 8.79. The fraction of sp³-hybridized carbons (Fsp3) is 0.619. The molecule has 0 spiro atoms. The van der Waals surface area contributed by atoms with E-state index in [1.807, 2.05) is 32.4 Å². The number of halogens is 1. The number of carbonyl (C=O) groups excluding carboxylic acids is 2. The molecule has 0 atom stereocenters. The molecule has 1 saturated heterocycles. The first-order chi connectivity index (χ1) is 14.1. The van der Waals surface area contributed by atoms with Crippen LogP contribution in [0.25, 0.3) is 11.0 Å². The molecule has 3 heterocycles. The van der Waals surface area contributed by atoms with E-state index in [-0.39, 0.29) is 18.3 Å². The Bertz CT molecular complexity index is 943. The standard InChI is InChI=1S/C21H29ClN4O4/c1-6-29-19(27)15-11-23-18-16(17(15)22)13(2)24-26(18)12-14-7-9-25(10-8-14)20(28)30-21(3,4)5/h11,14H,6-10,12H2,1-5H3. The van der Waals surface area contributed by atoms with E-state index in [0.29, 0.717) is 41.6 Å². The van der Waals surface area contributed by atoms with E-state index >= 15 is 0 Å². The van der Waals surface area contributed by atoms with Crippen LogP contribution >= 0.6 is 11.6 Å². The van der Waals surface area contributed by atoms with Gasteiger partial charge in [-0.2, -0.15) is 5.10 Å². The van der Waals surface area contributed by atoms with Crippen molar-refractivity contribution in [3.8, 4) is 0 Å². The number of amides is 1. The minimum atomic E-state index is -0.493. The molecule has 0 unspecified atom stereocenters. The Kier molecular flexibility index (Phi) is 6.55. The van der Waals surface area contributed by atoms with Crippen LogP contribution < -0.4 is 0 Å². The van der Waals surface area contributed by atoms with Crippen LogP contribution in [-0.2, 0) is 16.0 Å². The Morgan fingerprint density at radius 2 is 1.93 bits per heavy atom. The maximum atomic E-state index is 12.3. The summed E-state index contributed by atoms with van der Waals surface area (Å²) in [5.41, 5.74) is 1.13.